The summed E-state index contributed by atoms with van der Waals surface area (Å²) in [6, 6.07) is 15.3. The Kier molecular flexibility index (Phi) is 6.29. The molecule has 0 spiro atoms. The van der Waals surface area contributed by atoms with Crippen molar-refractivity contribution in [3.8, 4) is 5.75 Å². The first-order chi connectivity index (χ1) is 11.1. The number of halogens is 1. The van der Waals surface area contributed by atoms with Crippen LogP contribution in [-0.2, 0) is 11.3 Å². The maximum Gasteiger partial charge on any atom is 0.242 e. The summed E-state index contributed by atoms with van der Waals surface area (Å²) in [5.74, 6) is 0.658. The van der Waals surface area contributed by atoms with Crippen molar-refractivity contribution in [1.29, 1.82) is 0 Å². The molecule has 1 amide bonds. The van der Waals surface area contributed by atoms with Crippen LogP contribution in [0.25, 0.3) is 0 Å². The molecule has 4 nitrogen and oxygen atoms in total. The Balaban J connectivity index is 1.93. The quantitative estimate of drug-likeness (QED) is 0.838. The minimum absolute atomic E-state index is 0.0447. The van der Waals surface area contributed by atoms with Crippen molar-refractivity contribution in [2.45, 2.75) is 13.5 Å². The Morgan fingerprint density at radius 3 is 2.57 bits per heavy atom. The van der Waals surface area contributed by atoms with E-state index in [2.05, 4.69) is 5.32 Å². The molecule has 0 atom stereocenters. The van der Waals surface area contributed by atoms with Gasteiger partial charge in [0.15, 0.2) is 0 Å². The number of amides is 1. The third kappa shape index (κ3) is 4.89. The van der Waals surface area contributed by atoms with Crippen LogP contribution in [0.1, 0.15) is 12.5 Å². The van der Waals surface area contributed by atoms with E-state index in [1.54, 1.807) is 19.2 Å². The first-order valence-electron chi connectivity index (χ1n) is 7.53. The highest BCUT2D eigenvalue weighted by Crippen LogP contribution is 2.27. The molecule has 0 unspecified atom stereocenters. The Labute approximate surface area is 142 Å². The van der Waals surface area contributed by atoms with Crippen molar-refractivity contribution >= 4 is 23.2 Å². The van der Waals surface area contributed by atoms with Crippen molar-refractivity contribution < 1.29 is 9.53 Å². The molecule has 5 heteroatoms. The van der Waals surface area contributed by atoms with Crippen molar-refractivity contribution in [2.24, 2.45) is 0 Å². The van der Waals surface area contributed by atoms with Crippen LogP contribution < -0.4 is 10.1 Å². The Hall–Kier alpha value is -2.20. The zero-order chi connectivity index (χ0) is 16.7. The van der Waals surface area contributed by atoms with Gasteiger partial charge in [-0.2, -0.15) is 0 Å². The molecule has 0 fully saturated rings. The second-order valence-electron chi connectivity index (χ2n) is 5.10. The fourth-order valence-electron chi connectivity index (χ4n) is 2.25. The third-order valence-electron chi connectivity index (χ3n) is 3.55. The molecule has 122 valence electrons. The SMILES string of the molecule is CCN(Cc1ccccc1)C(=O)CNc1ccc(OC)c(Cl)c1. The van der Waals surface area contributed by atoms with E-state index in [0.29, 0.717) is 23.9 Å². The number of hydrogen-bond acceptors (Lipinski definition) is 3. The Morgan fingerprint density at radius 2 is 1.96 bits per heavy atom. The molecule has 2 aromatic rings. The van der Waals surface area contributed by atoms with Gasteiger partial charge in [-0.1, -0.05) is 41.9 Å². The van der Waals surface area contributed by atoms with Crippen molar-refractivity contribution in [1.82, 2.24) is 4.90 Å². The molecule has 23 heavy (non-hydrogen) atoms. The molecule has 0 radical (unpaired) electrons. The summed E-state index contributed by atoms with van der Waals surface area (Å²) in [5, 5.41) is 3.62. The van der Waals surface area contributed by atoms with Gasteiger partial charge in [-0.25, -0.2) is 0 Å². The number of hydrogen-bond donors (Lipinski definition) is 1. The molecule has 0 saturated heterocycles. The normalized spacial score (nSPS) is 10.2. The molecule has 0 aliphatic carbocycles. The summed E-state index contributed by atoms with van der Waals surface area (Å²) in [6.07, 6.45) is 0. The summed E-state index contributed by atoms with van der Waals surface area (Å²) in [7, 11) is 1.57. The zero-order valence-corrected chi connectivity index (χ0v) is 14.1. The lowest BCUT2D eigenvalue weighted by molar-refractivity contribution is -0.129. The molecular formula is C18H21ClN2O2. The molecule has 2 aromatic carbocycles. The predicted molar refractivity (Wildman–Crippen MR) is 94.0 cm³/mol. The first kappa shape index (κ1) is 17.2. The summed E-state index contributed by atoms with van der Waals surface area (Å²) in [4.78, 5) is 14.2. The molecule has 0 aromatic heterocycles. The number of carbonyl (C=O) groups excluding carboxylic acids is 1. The van der Waals surface area contributed by atoms with Crippen LogP contribution in [-0.4, -0.2) is 31.0 Å². The number of ether oxygens (including phenoxy) is 1. The van der Waals surface area contributed by atoms with Gasteiger partial charge in [0.05, 0.1) is 18.7 Å². The van der Waals surface area contributed by atoms with Crippen LogP contribution in [0, 0.1) is 0 Å². The maximum atomic E-state index is 12.4. The van der Waals surface area contributed by atoms with Gasteiger partial charge in [0, 0.05) is 18.8 Å². The monoisotopic (exact) mass is 332 g/mol. The number of carbonyl (C=O) groups is 1. The molecule has 0 heterocycles. The number of rotatable bonds is 7. The van der Waals surface area contributed by atoms with Crippen molar-refractivity contribution in [3.63, 3.8) is 0 Å². The molecule has 0 aliphatic heterocycles. The van der Waals surface area contributed by atoms with Crippen LogP contribution in [0.5, 0.6) is 5.75 Å². The van der Waals surface area contributed by atoms with E-state index in [0.717, 1.165) is 11.3 Å². The summed E-state index contributed by atoms with van der Waals surface area (Å²) in [6.45, 7) is 3.48. The van der Waals surface area contributed by atoms with Gasteiger partial charge in [-0.05, 0) is 30.7 Å². The number of methoxy groups -OCH3 is 1. The highest BCUT2D eigenvalue weighted by atomic mass is 35.5. The van der Waals surface area contributed by atoms with E-state index in [1.165, 1.54) is 0 Å². The number of anilines is 1. The topological polar surface area (TPSA) is 41.6 Å². The minimum Gasteiger partial charge on any atom is -0.495 e. The second-order valence-corrected chi connectivity index (χ2v) is 5.50. The minimum atomic E-state index is 0.0447. The van der Waals surface area contributed by atoms with Gasteiger partial charge >= 0.3 is 0 Å². The molecule has 0 aliphatic rings. The molecule has 0 bridgehead atoms. The van der Waals surface area contributed by atoms with Crippen LogP contribution in [0.2, 0.25) is 5.02 Å². The van der Waals surface area contributed by atoms with Gasteiger partial charge in [-0.15, -0.1) is 0 Å². The van der Waals surface area contributed by atoms with Crippen molar-refractivity contribution in [3.05, 3.63) is 59.1 Å². The van der Waals surface area contributed by atoms with Gasteiger partial charge in [-0.3, -0.25) is 4.79 Å². The fraction of sp³-hybridized carbons (Fsp3) is 0.278. The lowest BCUT2D eigenvalue weighted by atomic mass is 10.2. The largest absolute Gasteiger partial charge is 0.495 e. The van der Waals surface area contributed by atoms with Crippen LogP contribution in [0.3, 0.4) is 0 Å². The van der Waals surface area contributed by atoms with Gasteiger partial charge in [0.2, 0.25) is 5.91 Å². The maximum absolute atomic E-state index is 12.4. The molecule has 1 N–H and O–H groups in total. The predicted octanol–water partition coefficient (Wildman–Crippen LogP) is 3.81. The first-order valence-corrected chi connectivity index (χ1v) is 7.91. The number of likely N-dealkylation sites (N-methyl/N-ethyl adjacent to an activating group) is 1. The summed E-state index contributed by atoms with van der Waals surface area (Å²) >= 11 is 6.08. The average Bonchev–Trinajstić information content (AvgIpc) is 2.58. The number of nitrogens with zero attached hydrogens (tertiary/aromatic N) is 1. The highest BCUT2D eigenvalue weighted by Gasteiger charge is 2.12. The zero-order valence-electron chi connectivity index (χ0n) is 13.4. The van der Waals surface area contributed by atoms with E-state index in [9.17, 15) is 4.79 Å². The van der Waals surface area contributed by atoms with Gasteiger partial charge in [0.1, 0.15) is 5.75 Å². The summed E-state index contributed by atoms with van der Waals surface area (Å²) < 4.78 is 5.11. The standard InChI is InChI=1S/C18H21ClN2O2/c1-3-21(13-14-7-5-4-6-8-14)18(22)12-20-15-9-10-17(23-2)16(19)11-15/h4-11,20H,3,12-13H2,1-2H3. The lowest BCUT2D eigenvalue weighted by Crippen LogP contribution is -2.34. The van der Waals surface area contributed by atoms with Crippen molar-refractivity contribution in [2.75, 3.05) is 25.5 Å². The second kappa shape index (κ2) is 8.44. The van der Waals surface area contributed by atoms with E-state index in [1.807, 2.05) is 48.2 Å². The molecular weight excluding hydrogens is 312 g/mol. The fourth-order valence-corrected chi connectivity index (χ4v) is 2.50. The lowest BCUT2D eigenvalue weighted by Gasteiger charge is -2.21. The Bertz CT molecular complexity index is 647. The number of nitrogens with one attached hydrogen (secondary N) is 1. The molecule has 2 rings (SSSR count). The van der Waals surface area contributed by atoms with Crippen LogP contribution in [0.15, 0.2) is 48.5 Å². The van der Waals surface area contributed by atoms with E-state index < -0.39 is 0 Å². The smallest absolute Gasteiger partial charge is 0.242 e. The Morgan fingerprint density at radius 1 is 1.22 bits per heavy atom. The van der Waals surface area contributed by atoms with Crippen LogP contribution >= 0.6 is 11.6 Å². The van der Waals surface area contributed by atoms with Crippen LogP contribution in [0.4, 0.5) is 5.69 Å². The highest BCUT2D eigenvalue weighted by molar-refractivity contribution is 6.32. The molecule has 0 saturated carbocycles. The average molecular weight is 333 g/mol. The van der Waals surface area contributed by atoms with E-state index in [4.69, 9.17) is 16.3 Å². The van der Waals surface area contributed by atoms with Gasteiger partial charge in [0.25, 0.3) is 0 Å². The van der Waals surface area contributed by atoms with Gasteiger partial charge < -0.3 is 15.0 Å². The van der Waals surface area contributed by atoms with E-state index in [-0.39, 0.29) is 12.5 Å². The number of benzene rings is 2. The summed E-state index contributed by atoms with van der Waals surface area (Å²) in [5.41, 5.74) is 1.91. The third-order valence-corrected chi connectivity index (χ3v) is 3.84. The van der Waals surface area contributed by atoms with E-state index >= 15 is 0 Å².